The average molecular weight is 396 g/mol. The SMILES string of the molecule is O=C(CC1S\C(=N/N=C/C=C/c2ccccc2)NC1=O)Nc1ccccc1F. The van der Waals surface area contributed by atoms with Gasteiger partial charge in [-0.1, -0.05) is 60.3 Å². The predicted molar refractivity (Wildman–Crippen MR) is 111 cm³/mol. The van der Waals surface area contributed by atoms with Gasteiger partial charge in [0.25, 0.3) is 0 Å². The fraction of sp³-hybridized carbons (Fsp3) is 0.100. The number of amidine groups is 1. The second kappa shape index (κ2) is 9.61. The summed E-state index contributed by atoms with van der Waals surface area (Å²) in [6.07, 6.45) is 5.02. The fourth-order valence-electron chi connectivity index (χ4n) is 2.36. The van der Waals surface area contributed by atoms with Gasteiger partial charge in [0.2, 0.25) is 11.8 Å². The molecule has 0 spiro atoms. The molecule has 0 radical (unpaired) electrons. The highest BCUT2D eigenvalue weighted by Gasteiger charge is 2.32. The Kier molecular flexibility index (Phi) is 6.69. The van der Waals surface area contributed by atoms with E-state index in [0.29, 0.717) is 5.17 Å². The molecule has 1 aliphatic heterocycles. The van der Waals surface area contributed by atoms with Crippen LogP contribution in [0.3, 0.4) is 0 Å². The van der Waals surface area contributed by atoms with E-state index in [0.717, 1.165) is 17.3 Å². The minimum Gasteiger partial charge on any atom is -0.324 e. The first-order valence-corrected chi connectivity index (χ1v) is 9.34. The van der Waals surface area contributed by atoms with E-state index in [1.165, 1.54) is 24.4 Å². The summed E-state index contributed by atoms with van der Waals surface area (Å²) in [4.78, 5) is 24.0. The van der Waals surface area contributed by atoms with Crippen molar-refractivity contribution >= 4 is 46.7 Å². The Morgan fingerprint density at radius 3 is 2.71 bits per heavy atom. The average Bonchev–Trinajstić information content (AvgIpc) is 3.03. The van der Waals surface area contributed by atoms with Crippen molar-refractivity contribution in [2.75, 3.05) is 5.32 Å². The first-order chi connectivity index (χ1) is 13.6. The molecule has 2 aromatic rings. The summed E-state index contributed by atoms with van der Waals surface area (Å²) in [5.41, 5.74) is 1.12. The van der Waals surface area contributed by atoms with Gasteiger partial charge in [0.15, 0.2) is 5.17 Å². The van der Waals surface area contributed by atoms with Crippen molar-refractivity contribution in [1.82, 2.24) is 5.32 Å². The van der Waals surface area contributed by atoms with E-state index in [1.54, 1.807) is 12.1 Å². The van der Waals surface area contributed by atoms with E-state index < -0.39 is 17.0 Å². The zero-order chi connectivity index (χ0) is 19.8. The summed E-state index contributed by atoms with van der Waals surface area (Å²) in [6, 6.07) is 15.6. The van der Waals surface area contributed by atoms with E-state index in [4.69, 9.17) is 0 Å². The third-order valence-electron chi connectivity index (χ3n) is 3.68. The van der Waals surface area contributed by atoms with Gasteiger partial charge in [-0.2, -0.15) is 5.10 Å². The number of nitrogens with one attached hydrogen (secondary N) is 2. The van der Waals surface area contributed by atoms with Crippen LogP contribution in [-0.4, -0.2) is 28.4 Å². The molecule has 0 saturated carbocycles. The maximum atomic E-state index is 13.6. The van der Waals surface area contributed by atoms with Crippen molar-refractivity contribution < 1.29 is 14.0 Å². The second-order valence-corrected chi connectivity index (χ2v) is 6.96. The van der Waals surface area contributed by atoms with Crippen LogP contribution in [0.5, 0.6) is 0 Å². The molecule has 0 aliphatic carbocycles. The lowest BCUT2D eigenvalue weighted by molar-refractivity contribution is -0.122. The zero-order valence-corrected chi connectivity index (χ0v) is 15.5. The molecule has 0 aromatic heterocycles. The van der Waals surface area contributed by atoms with Gasteiger partial charge >= 0.3 is 0 Å². The number of carbonyl (C=O) groups is 2. The number of rotatable bonds is 6. The van der Waals surface area contributed by atoms with Crippen molar-refractivity contribution in [2.24, 2.45) is 10.2 Å². The molecule has 8 heteroatoms. The molecule has 2 aromatic carbocycles. The summed E-state index contributed by atoms with van der Waals surface area (Å²) in [7, 11) is 0. The lowest BCUT2D eigenvalue weighted by atomic mass is 10.2. The van der Waals surface area contributed by atoms with Crippen molar-refractivity contribution in [3.05, 3.63) is 72.1 Å². The first-order valence-electron chi connectivity index (χ1n) is 8.46. The number of thioether (sulfide) groups is 1. The van der Waals surface area contributed by atoms with E-state index in [-0.39, 0.29) is 18.0 Å². The number of para-hydroxylation sites is 1. The number of allylic oxidation sites excluding steroid dienone is 1. The van der Waals surface area contributed by atoms with Gasteiger partial charge in [-0.15, -0.1) is 5.10 Å². The quantitative estimate of drug-likeness (QED) is 0.580. The maximum Gasteiger partial charge on any atom is 0.240 e. The molecule has 1 saturated heterocycles. The Morgan fingerprint density at radius 2 is 1.93 bits per heavy atom. The van der Waals surface area contributed by atoms with Gasteiger partial charge in [-0.25, -0.2) is 4.39 Å². The number of nitrogens with zero attached hydrogens (tertiary/aromatic N) is 2. The Hall–Kier alpha value is -3.26. The smallest absolute Gasteiger partial charge is 0.240 e. The van der Waals surface area contributed by atoms with Crippen LogP contribution >= 0.6 is 11.8 Å². The molecule has 1 heterocycles. The molecule has 0 bridgehead atoms. The van der Waals surface area contributed by atoms with Crippen LogP contribution in [0.25, 0.3) is 6.08 Å². The van der Waals surface area contributed by atoms with Crippen LogP contribution in [0.15, 0.2) is 70.9 Å². The number of halogens is 1. The van der Waals surface area contributed by atoms with Gasteiger partial charge in [-0.3, -0.25) is 9.59 Å². The summed E-state index contributed by atoms with van der Waals surface area (Å²) >= 11 is 1.11. The Labute approximate surface area is 165 Å². The molecular formula is C20H17FN4O2S. The molecule has 2 N–H and O–H groups in total. The molecule has 3 rings (SSSR count). The normalized spacial score (nSPS) is 18.1. The number of carbonyl (C=O) groups excluding carboxylic acids is 2. The minimum atomic E-state index is -0.638. The fourth-order valence-corrected chi connectivity index (χ4v) is 3.29. The van der Waals surface area contributed by atoms with Crippen molar-refractivity contribution in [1.29, 1.82) is 0 Å². The van der Waals surface area contributed by atoms with Gasteiger partial charge in [0, 0.05) is 12.6 Å². The van der Waals surface area contributed by atoms with Crippen LogP contribution in [0, 0.1) is 5.82 Å². The molecule has 28 heavy (non-hydrogen) atoms. The maximum absolute atomic E-state index is 13.6. The molecular weight excluding hydrogens is 379 g/mol. The molecule has 1 aliphatic rings. The van der Waals surface area contributed by atoms with Crippen LogP contribution in [-0.2, 0) is 9.59 Å². The van der Waals surface area contributed by atoms with Crippen molar-refractivity contribution in [3.63, 3.8) is 0 Å². The number of hydrogen-bond acceptors (Lipinski definition) is 5. The third-order valence-corrected chi connectivity index (χ3v) is 4.76. The summed E-state index contributed by atoms with van der Waals surface area (Å²) in [6.45, 7) is 0. The highest BCUT2D eigenvalue weighted by Crippen LogP contribution is 2.23. The molecule has 1 fully saturated rings. The molecule has 1 atom stereocenters. The minimum absolute atomic E-state index is 0.0830. The van der Waals surface area contributed by atoms with Gasteiger partial charge in [0.1, 0.15) is 11.1 Å². The van der Waals surface area contributed by atoms with Crippen molar-refractivity contribution in [2.45, 2.75) is 11.7 Å². The Bertz CT molecular complexity index is 944. The van der Waals surface area contributed by atoms with Crippen LogP contribution in [0.2, 0.25) is 0 Å². The van der Waals surface area contributed by atoms with E-state index >= 15 is 0 Å². The monoisotopic (exact) mass is 396 g/mol. The van der Waals surface area contributed by atoms with E-state index in [9.17, 15) is 14.0 Å². The van der Waals surface area contributed by atoms with E-state index in [2.05, 4.69) is 20.8 Å². The molecule has 1 unspecified atom stereocenters. The van der Waals surface area contributed by atoms with Gasteiger partial charge in [-0.05, 0) is 23.8 Å². The predicted octanol–water partition coefficient (Wildman–Crippen LogP) is 3.44. The highest BCUT2D eigenvalue weighted by molar-refractivity contribution is 8.15. The zero-order valence-electron chi connectivity index (χ0n) is 14.7. The lowest BCUT2D eigenvalue weighted by Crippen LogP contribution is -2.28. The summed E-state index contributed by atoms with van der Waals surface area (Å²) in [5.74, 6) is -1.31. The molecule has 142 valence electrons. The Morgan fingerprint density at radius 1 is 1.18 bits per heavy atom. The van der Waals surface area contributed by atoms with Gasteiger partial charge < -0.3 is 10.6 Å². The number of anilines is 1. The van der Waals surface area contributed by atoms with E-state index in [1.807, 2.05) is 36.4 Å². The molecule has 2 amide bonds. The number of benzene rings is 2. The summed E-state index contributed by atoms with van der Waals surface area (Å²) < 4.78 is 13.6. The van der Waals surface area contributed by atoms with Crippen LogP contribution < -0.4 is 10.6 Å². The largest absolute Gasteiger partial charge is 0.324 e. The highest BCUT2D eigenvalue weighted by atomic mass is 32.2. The topological polar surface area (TPSA) is 82.9 Å². The number of hydrogen-bond donors (Lipinski definition) is 2. The second-order valence-electron chi connectivity index (χ2n) is 5.77. The van der Waals surface area contributed by atoms with Gasteiger partial charge in [0.05, 0.1) is 5.69 Å². The first kappa shape index (κ1) is 19.5. The number of amides is 2. The summed E-state index contributed by atoms with van der Waals surface area (Å²) in [5, 5.41) is 12.5. The third kappa shape index (κ3) is 5.62. The van der Waals surface area contributed by atoms with Crippen LogP contribution in [0.1, 0.15) is 12.0 Å². The molecule has 6 nitrogen and oxygen atoms in total. The van der Waals surface area contributed by atoms with Crippen LogP contribution in [0.4, 0.5) is 10.1 Å². The lowest BCUT2D eigenvalue weighted by Gasteiger charge is -2.07. The van der Waals surface area contributed by atoms with Crippen molar-refractivity contribution in [3.8, 4) is 0 Å². The Balaban J connectivity index is 1.51. The standard InChI is InChI=1S/C20H17FN4O2S/c21-15-10-4-5-11-16(15)23-18(26)13-17-19(27)24-20(28-17)25-22-12-6-9-14-7-2-1-3-8-14/h1-12,17H,13H2,(H,23,26)(H,24,25,27)/b9-6+,22-12+.